The van der Waals surface area contributed by atoms with E-state index in [1.54, 1.807) is 12.4 Å². The number of amides is 2. The van der Waals surface area contributed by atoms with E-state index in [1.807, 2.05) is 17.5 Å². The van der Waals surface area contributed by atoms with E-state index in [-0.39, 0.29) is 29.8 Å². The first-order chi connectivity index (χ1) is 13.6. The van der Waals surface area contributed by atoms with Gasteiger partial charge in [0.2, 0.25) is 11.8 Å². The van der Waals surface area contributed by atoms with Crippen molar-refractivity contribution in [1.82, 2.24) is 15.3 Å². The first-order valence-corrected chi connectivity index (χ1v) is 10.2. The van der Waals surface area contributed by atoms with Gasteiger partial charge in [-0.3, -0.25) is 14.6 Å². The van der Waals surface area contributed by atoms with E-state index >= 15 is 0 Å². The minimum Gasteiger partial charge on any atom is -0.352 e. The Morgan fingerprint density at radius 1 is 1.14 bits per heavy atom. The van der Waals surface area contributed by atoms with E-state index in [2.05, 4.69) is 20.6 Å². The lowest BCUT2D eigenvalue weighted by Crippen LogP contribution is -2.24. The SMILES string of the molecule is O=C(Cc1csc(SCC(=O)Nc2ccc(F)cc2)n1)NCc1cccnc1. The summed E-state index contributed by atoms with van der Waals surface area (Å²) < 4.78 is 13.6. The van der Waals surface area contributed by atoms with Gasteiger partial charge in [0, 0.05) is 30.0 Å². The van der Waals surface area contributed by atoms with Crippen LogP contribution in [-0.4, -0.2) is 27.5 Å². The second kappa shape index (κ2) is 9.95. The number of anilines is 1. The minimum absolute atomic E-state index is 0.125. The number of hydrogen-bond donors (Lipinski definition) is 2. The molecule has 3 rings (SSSR count). The number of thioether (sulfide) groups is 1. The Labute approximate surface area is 169 Å². The number of carbonyl (C=O) groups excluding carboxylic acids is 2. The molecule has 0 fully saturated rings. The van der Waals surface area contributed by atoms with Crippen molar-refractivity contribution in [1.29, 1.82) is 0 Å². The molecule has 0 aliphatic heterocycles. The summed E-state index contributed by atoms with van der Waals surface area (Å²) in [6.45, 7) is 0.419. The number of pyridine rings is 1. The highest BCUT2D eigenvalue weighted by atomic mass is 32.2. The number of rotatable bonds is 8. The zero-order valence-corrected chi connectivity index (χ0v) is 16.4. The number of nitrogens with zero attached hydrogens (tertiary/aromatic N) is 2. The predicted octanol–water partition coefficient (Wildman–Crippen LogP) is 3.27. The summed E-state index contributed by atoms with van der Waals surface area (Å²) in [5.41, 5.74) is 2.13. The van der Waals surface area contributed by atoms with E-state index in [9.17, 15) is 14.0 Å². The molecule has 0 atom stereocenters. The fourth-order valence-corrected chi connectivity index (χ4v) is 3.87. The van der Waals surface area contributed by atoms with Gasteiger partial charge in [-0.25, -0.2) is 9.37 Å². The number of benzene rings is 1. The van der Waals surface area contributed by atoms with Crippen LogP contribution >= 0.6 is 23.1 Å². The minimum atomic E-state index is -0.354. The molecule has 1 aromatic carbocycles. The van der Waals surface area contributed by atoms with Gasteiger partial charge >= 0.3 is 0 Å². The number of halogens is 1. The van der Waals surface area contributed by atoms with Crippen LogP contribution in [0.3, 0.4) is 0 Å². The molecule has 0 spiro atoms. The fraction of sp³-hybridized carbons (Fsp3) is 0.158. The van der Waals surface area contributed by atoms with Gasteiger partial charge in [0.25, 0.3) is 0 Å². The van der Waals surface area contributed by atoms with Crippen molar-refractivity contribution in [3.8, 4) is 0 Å². The largest absolute Gasteiger partial charge is 0.352 e. The zero-order chi connectivity index (χ0) is 19.8. The van der Waals surface area contributed by atoms with E-state index in [0.717, 1.165) is 5.56 Å². The van der Waals surface area contributed by atoms with Crippen LogP contribution in [0, 0.1) is 5.82 Å². The van der Waals surface area contributed by atoms with Crippen molar-refractivity contribution in [2.24, 2.45) is 0 Å². The van der Waals surface area contributed by atoms with Gasteiger partial charge in [0.1, 0.15) is 5.82 Å². The molecular formula is C19H17FN4O2S2. The average Bonchev–Trinajstić information content (AvgIpc) is 3.15. The molecule has 0 saturated carbocycles. The quantitative estimate of drug-likeness (QED) is 0.551. The summed E-state index contributed by atoms with van der Waals surface area (Å²) in [4.78, 5) is 32.4. The molecule has 2 heterocycles. The summed E-state index contributed by atoms with van der Waals surface area (Å²) in [6.07, 6.45) is 3.56. The van der Waals surface area contributed by atoms with Gasteiger partial charge in [0.05, 0.1) is 17.9 Å². The van der Waals surface area contributed by atoms with Crippen LogP contribution in [0.4, 0.5) is 10.1 Å². The second-order valence-corrected chi connectivity index (χ2v) is 7.84. The third kappa shape index (κ3) is 6.43. The van der Waals surface area contributed by atoms with Gasteiger partial charge in [-0.05, 0) is 35.9 Å². The summed E-state index contributed by atoms with van der Waals surface area (Å²) >= 11 is 2.68. The number of carbonyl (C=O) groups is 2. The van der Waals surface area contributed by atoms with Gasteiger partial charge in [-0.1, -0.05) is 17.8 Å². The fourth-order valence-electron chi connectivity index (χ4n) is 2.22. The molecule has 0 aliphatic rings. The van der Waals surface area contributed by atoms with Crippen LogP contribution in [0.2, 0.25) is 0 Å². The van der Waals surface area contributed by atoms with Crippen LogP contribution in [0.15, 0.2) is 58.5 Å². The van der Waals surface area contributed by atoms with E-state index in [0.29, 0.717) is 22.3 Å². The second-order valence-electron chi connectivity index (χ2n) is 5.76. The van der Waals surface area contributed by atoms with Gasteiger partial charge in [-0.2, -0.15) is 0 Å². The number of aromatic nitrogens is 2. The van der Waals surface area contributed by atoms with Gasteiger partial charge in [0.15, 0.2) is 4.34 Å². The summed E-state index contributed by atoms with van der Waals surface area (Å²) in [6, 6.07) is 9.29. The Bertz CT molecular complexity index is 933. The highest BCUT2D eigenvalue weighted by Crippen LogP contribution is 2.23. The lowest BCUT2D eigenvalue weighted by Gasteiger charge is -2.04. The Morgan fingerprint density at radius 2 is 1.96 bits per heavy atom. The topological polar surface area (TPSA) is 84.0 Å². The highest BCUT2D eigenvalue weighted by Gasteiger charge is 2.10. The van der Waals surface area contributed by atoms with Crippen molar-refractivity contribution >= 4 is 40.6 Å². The van der Waals surface area contributed by atoms with Crippen LogP contribution in [-0.2, 0) is 22.6 Å². The predicted molar refractivity (Wildman–Crippen MR) is 108 cm³/mol. The van der Waals surface area contributed by atoms with Gasteiger partial charge in [-0.15, -0.1) is 11.3 Å². The molecule has 0 saturated heterocycles. The normalized spacial score (nSPS) is 10.5. The Balaban J connectivity index is 1.41. The molecule has 2 N–H and O–H groups in total. The van der Waals surface area contributed by atoms with Crippen molar-refractivity contribution in [2.75, 3.05) is 11.1 Å². The monoisotopic (exact) mass is 416 g/mol. The van der Waals surface area contributed by atoms with E-state index in [1.165, 1.54) is 47.4 Å². The Morgan fingerprint density at radius 3 is 2.71 bits per heavy atom. The van der Waals surface area contributed by atoms with Crippen LogP contribution in [0.25, 0.3) is 0 Å². The molecule has 0 radical (unpaired) electrons. The first kappa shape index (κ1) is 20.0. The van der Waals surface area contributed by atoms with Crippen molar-refractivity contribution in [3.63, 3.8) is 0 Å². The molecule has 9 heteroatoms. The average molecular weight is 417 g/mol. The standard InChI is InChI=1S/C19H17FN4O2S2/c20-14-3-5-15(6-4-14)23-18(26)12-28-19-24-16(11-27-19)8-17(25)22-10-13-2-1-7-21-9-13/h1-7,9,11H,8,10,12H2,(H,22,25)(H,23,26). The third-order valence-corrected chi connectivity index (χ3v) is 5.61. The maximum absolute atomic E-state index is 12.9. The molecular weight excluding hydrogens is 399 g/mol. The molecule has 6 nitrogen and oxygen atoms in total. The number of thiazole rings is 1. The highest BCUT2D eigenvalue weighted by molar-refractivity contribution is 8.01. The molecule has 0 bridgehead atoms. The van der Waals surface area contributed by atoms with Crippen LogP contribution in [0.1, 0.15) is 11.3 Å². The maximum atomic E-state index is 12.9. The molecule has 3 aromatic rings. The van der Waals surface area contributed by atoms with E-state index < -0.39 is 0 Å². The van der Waals surface area contributed by atoms with Crippen molar-refractivity contribution in [2.45, 2.75) is 17.3 Å². The molecule has 0 aliphatic carbocycles. The summed E-state index contributed by atoms with van der Waals surface area (Å²) in [7, 11) is 0. The molecule has 2 amide bonds. The van der Waals surface area contributed by atoms with Crippen molar-refractivity contribution in [3.05, 3.63) is 71.2 Å². The lowest BCUT2D eigenvalue weighted by molar-refractivity contribution is -0.120. The Hall–Kier alpha value is -2.78. The third-order valence-electron chi connectivity index (χ3n) is 3.54. The molecule has 144 valence electrons. The molecule has 28 heavy (non-hydrogen) atoms. The molecule has 2 aromatic heterocycles. The van der Waals surface area contributed by atoms with Crippen LogP contribution in [0.5, 0.6) is 0 Å². The van der Waals surface area contributed by atoms with Crippen LogP contribution < -0.4 is 10.6 Å². The summed E-state index contributed by atoms with van der Waals surface area (Å²) in [5.74, 6) is -0.508. The smallest absolute Gasteiger partial charge is 0.234 e. The lowest BCUT2D eigenvalue weighted by atomic mass is 10.2. The van der Waals surface area contributed by atoms with E-state index in [4.69, 9.17) is 0 Å². The first-order valence-electron chi connectivity index (χ1n) is 8.37. The molecule has 0 unspecified atom stereocenters. The van der Waals surface area contributed by atoms with Crippen molar-refractivity contribution < 1.29 is 14.0 Å². The Kier molecular flexibility index (Phi) is 7.10. The summed E-state index contributed by atoms with van der Waals surface area (Å²) in [5, 5.41) is 7.33. The number of nitrogens with one attached hydrogen (secondary N) is 2. The zero-order valence-electron chi connectivity index (χ0n) is 14.7. The maximum Gasteiger partial charge on any atom is 0.234 e. The van der Waals surface area contributed by atoms with Gasteiger partial charge < -0.3 is 10.6 Å². The number of hydrogen-bond acceptors (Lipinski definition) is 6.